The molecule has 1 aliphatic rings. The summed E-state index contributed by atoms with van der Waals surface area (Å²) in [6.45, 7) is 6.41. The number of hydrogen-bond acceptors (Lipinski definition) is 4. The molecule has 1 N–H and O–H groups in total. The molecule has 0 spiro atoms. The predicted molar refractivity (Wildman–Crippen MR) is 98.6 cm³/mol. The van der Waals surface area contributed by atoms with E-state index in [2.05, 4.69) is 10.2 Å². The fourth-order valence-electron chi connectivity index (χ4n) is 3.19. The predicted octanol–water partition coefficient (Wildman–Crippen LogP) is 2.30. The molecule has 1 aromatic carbocycles. The summed E-state index contributed by atoms with van der Waals surface area (Å²) in [6, 6.07) is 13.0. The lowest BCUT2D eigenvalue weighted by Crippen LogP contribution is -2.55. The minimum Gasteiger partial charge on any atom is -0.459 e. The first-order valence-corrected chi connectivity index (χ1v) is 8.98. The van der Waals surface area contributed by atoms with E-state index in [4.69, 9.17) is 4.42 Å². The Morgan fingerprint density at radius 3 is 2.31 bits per heavy atom. The summed E-state index contributed by atoms with van der Waals surface area (Å²) >= 11 is 0. The van der Waals surface area contributed by atoms with Gasteiger partial charge in [0.05, 0.1) is 18.3 Å². The summed E-state index contributed by atoms with van der Waals surface area (Å²) < 4.78 is 5.18. The number of carbonyl (C=O) groups is 2. The molecular weight excluding hydrogens is 330 g/mol. The van der Waals surface area contributed by atoms with Crippen LogP contribution >= 0.6 is 0 Å². The smallest absolute Gasteiger partial charge is 0.289 e. The molecule has 2 aromatic rings. The van der Waals surface area contributed by atoms with Crippen molar-refractivity contribution in [1.29, 1.82) is 0 Å². The quantitative estimate of drug-likeness (QED) is 0.894. The monoisotopic (exact) mass is 355 g/mol. The maximum absolute atomic E-state index is 12.6. The number of amides is 2. The number of nitrogens with one attached hydrogen (secondary N) is 1. The third-order valence-corrected chi connectivity index (χ3v) is 4.92. The van der Waals surface area contributed by atoms with Crippen LogP contribution in [0.2, 0.25) is 0 Å². The Kier molecular flexibility index (Phi) is 5.73. The van der Waals surface area contributed by atoms with Gasteiger partial charge in [0.2, 0.25) is 5.91 Å². The van der Waals surface area contributed by atoms with Gasteiger partial charge in [-0.3, -0.25) is 14.5 Å². The Morgan fingerprint density at radius 1 is 1.00 bits per heavy atom. The van der Waals surface area contributed by atoms with E-state index in [9.17, 15) is 9.59 Å². The fourth-order valence-corrected chi connectivity index (χ4v) is 3.19. The van der Waals surface area contributed by atoms with Crippen molar-refractivity contribution in [3.05, 3.63) is 60.1 Å². The van der Waals surface area contributed by atoms with E-state index >= 15 is 0 Å². The summed E-state index contributed by atoms with van der Waals surface area (Å²) in [4.78, 5) is 28.8. The van der Waals surface area contributed by atoms with E-state index < -0.39 is 0 Å². The molecule has 6 heteroatoms. The van der Waals surface area contributed by atoms with E-state index in [-0.39, 0.29) is 23.9 Å². The summed E-state index contributed by atoms with van der Waals surface area (Å²) in [7, 11) is 0. The average molecular weight is 355 g/mol. The van der Waals surface area contributed by atoms with Crippen molar-refractivity contribution in [2.45, 2.75) is 25.9 Å². The van der Waals surface area contributed by atoms with Crippen LogP contribution in [-0.4, -0.2) is 53.8 Å². The molecule has 2 amide bonds. The molecule has 0 bridgehead atoms. The van der Waals surface area contributed by atoms with Gasteiger partial charge in [-0.05, 0) is 31.5 Å². The minimum absolute atomic E-state index is 0.00663. The van der Waals surface area contributed by atoms with Crippen LogP contribution < -0.4 is 5.32 Å². The number of carbonyl (C=O) groups excluding carboxylic acids is 2. The van der Waals surface area contributed by atoms with Crippen molar-refractivity contribution in [2.24, 2.45) is 0 Å². The number of benzene rings is 1. The summed E-state index contributed by atoms with van der Waals surface area (Å²) in [5.74, 6) is 0.276. The lowest BCUT2D eigenvalue weighted by atomic mass is 10.1. The molecular formula is C20H25N3O3. The van der Waals surface area contributed by atoms with Gasteiger partial charge in [0, 0.05) is 26.2 Å². The number of rotatable bonds is 5. The molecule has 1 saturated heterocycles. The number of nitrogens with zero attached hydrogens (tertiary/aromatic N) is 2. The number of furan rings is 1. The first-order valence-electron chi connectivity index (χ1n) is 8.98. The minimum atomic E-state index is -0.234. The molecule has 1 aromatic heterocycles. The Morgan fingerprint density at radius 2 is 1.69 bits per heavy atom. The van der Waals surface area contributed by atoms with Crippen LogP contribution in [0.1, 0.15) is 36.0 Å². The van der Waals surface area contributed by atoms with E-state index in [1.165, 1.54) is 6.26 Å². The molecule has 2 unspecified atom stereocenters. The van der Waals surface area contributed by atoms with E-state index in [0.29, 0.717) is 31.9 Å². The summed E-state index contributed by atoms with van der Waals surface area (Å²) in [5.41, 5.74) is 1.09. The highest BCUT2D eigenvalue weighted by Gasteiger charge is 2.29. The van der Waals surface area contributed by atoms with Crippen LogP contribution in [0.3, 0.4) is 0 Å². The van der Waals surface area contributed by atoms with Gasteiger partial charge >= 0.3 is 0 Å². The maximum Gasteiger partial charge on any atom is 0.289 e. The summed E-state index contributed by atoms with van der Waals surface area (Å²) in [6.07, 6.45) is 1.50. The molecule has 138 valence electrons. The second-order valence-corrected chi connectivity index (χ2v) is 6.62. The lowest BCUT2D eigenvalue weighted by Gasteiger charge is -2.37. The van der Waals surface area contributed by atoms with Crippen LogP contribution in [0.4, 0.5) is 0 Å². The lowest BCUT2D eigenvalue weighted by molar-refractivity contribution is -0.127. The van der Waals surface area contributed by atoms with Crippen molar-refractivity contribution >= 4 is 11.8 Å². The van der Waals surface area contributed by atoms with Gasteiger partial charge in [0.15, 0.2) is 5.76 Å². The fraction of sp³-hybridized carbons (Fsp3) is 0.400. The molecule has 2 heterocycles. The van der Waals surface area contributed by atoms with Gasteiger partial charge in [0.25, 0.3) is 5.91 Å². The Labute approximate surface area is 153 Å². The van der Waals surface area contributed by atoms with E-state index in [1.54, 1.807) is 17.0 Å². The van der Waals surface area contributed by atoms with Crippen LogP contribution in [0.5, 0.6) is 0 Å². The maximum atomic E-state index is 12.6. The highest BCUT2D eigenvalue weighted by atomic mass is 16.3. The second-order valence-electron chi connectivity index (χ2n) is 6.62. The van der Waals surface area contributed by atoms with Gasteiger partial charge in [0.1, 0.15) is 0 Å². The highest BCUT2D eigenvalue weighted by Crippen LogP contribution is 2.14. The average Bonchev–Trinajstić information content (AvgIpc) is 3.22. The van der Waals surface area contributed by atoms with Gasteiger partial charge < -0.3 is 14.6 Å². The third kappa shape index (κ3) is 4.14. The van der Waals surface area contributed by atoms with Gasteiger partial charge in [-0.1, -0.05) is 30.3 Å². The highest BCUT2D eigenvalue weighted by molar-refractivity contribution is 5.91. The Bertz CT molecular complexity index is 722. The largest absolute Gasteiger partial charge is 0.459 e. The number of hydrogen-bond donors (Lipinski definition) is 1. The van der Waals surface area contributed by atoms with Crippen molar-refractivity contribution in [3.8, 4) is 0 Å². The SMILES string of the molecule is CC(NC(=O)C(C)N1CCN(C(=O)c2ccco2)CC1)c1ccccc1. The Balaban J connectivity index is 1.50. The van der Waals surface area contributed by atoms with Crippen LogP contribution in [-0.2, 0) is 4.79 Å². The van der Waals surface area contributed by atoms with E-state index in [1.807, 2.05) is 44.2 Å². The normalized spacial score (nSPS) is 17.5. The first kappa shape index (κ1) is 18.2. The van der Waals surface area contributed by atoms with Crippen molar-refractivity contribution in [3.63, 3.8) is 0 Å². The molecule has 6 nitrogen and oxygen atoms in total. The van der Waals surface area contributed by atoms with Crippen molar-refractivity contribution in [2.75, 3.05) is 26.2 Å². The van der Waals surface area contributed by atoms with Gasteiger partial charge in [-0.15, -0.1) is 0 Å². The summed E-state index contributed by atoms with van der Waals surface area (Å²) in [5, 5.41) is 3.07. The second kappa shape index (κ2) is 8.19. The van der Waals surface area contributed by atoms with Crippen molar-refractivity contribution in [1.82, 2.24) is 15.1 Å². The Hall–Kier alpha value is -2.60. The standard InChI is InChI=1S/C20H25N3O3/c1-15(17-7-4-3-5-8-17)21-19(24)16(2)22-10-12-23(13-11-22)20(25)18-9-6-14-26-18/h3-9,14-16H,10-13H2,1-2H3,(H,21,24). The topological polar surface area (TPSA) is 65.8 Å². The van der Waals surface area contributed by atoms with Gasteiger partial charge in [-0.2, -0.15) is 0 Å². The van der Waals surface area contributed by atoms with Crippen LogP contribution in [0.15, 0.2) is 53.1 Å². The molecule has 1 aliphatic heterocycles. The molecule has 0 aliphatic carbocycles. The van der Waals surface area contributed by atoms with Crippen LogP contribution in [0, 0.1) is 0 Å². The molecule has 2 atom stereocenters. The molecule has 26 heavy (non-hydrogen) atoms. The van der Waals surface area contributed by atoms with Crippen molar-refractivity contribution < 1.29 is 14.0 Å². The molecule has 1 fully saturated rings. The first-order chi connectivity index (χ1) is 12.6. The van der Waals surface area contributed by atoms with Crippen LogP contribution in [0.25, 0.3) is 0 Å². The molecule has 0 saturated carbocycles. The molecule has 0 radical (unpaired) electrons. The molecule has 3 rings (SSSR count). The zero-order chi connectivity index (χ0) is 18.5. The van der Waals surface area contributed by atoms with Gasteiger partial charge in [-0.25, -0.2) is 0 Å². The zero-order valence-electron chi connectivity index (χ0n) is 15.2. The zero-order valence-corrected chi connectivity index (χ0v) is 15.2. The van der Waals surface area contributed by atoms with E-state index in [0.717, 1.165) is 5.56 Å². The number of piperazine rings is 1. The third-order valence-electron chi connectivity index (χ3n) is 4.92.